The van der Waals surface area contributed by atoms with Gasteiger partial charge in [0.1, 0.15) is 0 Å². The highest BCUT2D eigenvalue weighted by atomic mass is 16.2. The first kappa shape index (κ1) is 12.9. The van der Waals surface area contributed by atoms with Gasteiger partial charge in [-0.2, -0.15) is 0 Å². The Balaban J connectivity index is 3.09. The Kier molecular flexibility index (Phi) is 3.84. The number of hydrazine groups is 1. The Bertz CT molecular complexity index is 290. The summed E-state index contributed by atoms with van der Waals surface area (Å²) in [4.78, 5) is 25.2. The second-order valence-corrected chi connectivity index (χ2v) is 3.36. The second kappa shape index (κ2) is 4.77. The minimum absolute atomic E-state index is 0.307. The van der Waals surface area contributed by atoms with Crippen LogP contribution in [0.5, 0.6) is 0 Å². The maximum Gasteiger partial charge on any atom is 0.344 e. The number of carbonyl (C=O) groups excluding carboxylic acids is 2. The molecule has 0 aromatic carbocycles. The van der Waals surface area contributed by atoms with Crippen molar-refractivity contribution in [2.45, 2.75) is 12.2 Å². The lowest BCUT2D eigenvalue weighted by molar-refractivity contribution is -0.137. The lowest BCUT2D eigenvalue weighted by Gasteiger charge is -2.32. The third-order valence-corrected chi connectivity index (χ3v) is 2.64. The van der Waals surface area contributed by atoms with Crippen LogP contribution in [0, 0.1) is 6.92 Å². The Hall–Kier alpha value is -1.18. The average molecular weight is 228 g/mol. The zero-order chi connectivity index (χ0) is 12.3. The number of nitrogens with one attached hydrogen (secondary N) is 3. The molecule has 7 nitrogen and oxygen atoms in total. The highest BCUT2D eigenvalue weighted by Crippen LogP contribution is 2.21. The standard InChI is InChI=1S/C9H18N5O2/c1-5-6-13-7(15)9(10-2,11-3)14(12-4)8(13)16/h10-12H,1,5-6H2,2-4H3. The number of hydrogen-bond acceptors (Lipinski definition) is 5. The zero-order valence-electron chi connectivity index (χ0n) is 9.83. The first-order valence-corrected chi connectivity index (χ1v) is 5.09. The first-order chi connectivity index (χ1) is 7.58. The van der Waals surface area contributed by atoms with E-state index in [0.717, 1.165) is 4.90 Å². The van der Waals surface area contributed by atoms with Crippen LogP contribution in [-0.4, -0.2) is 55.3 Å². The van der Waals surface area contributed by atoms with Crippen molar-refractivity contribution in [3.63, 3.8) is 0 Å². The Labute approximate surface area is 95.1 Å². The van der Waals surface area contributed by atoms with Crippen molar-refractivity contribution in [1.29, 1.82) is 0 Å². The summed E-state index contributed by atoms with van der Waals surface area (Å²) in [6.07, 6.45) is 0.485. The number of imide groups is 1. The number of amides is 3. The zero-order valence-corrected chi connectivity index (χ0v) is 9.83. The molecule has 1 heterocycles. The molecule has 1 aliphatic heterocycles. The van der Waals surface area contributed by atoms with Crippen LogP contribution in [0.15, 0.2) is 0 Å². The molecule has 1 fully saturated rings. The van der Waals surface area contributed by atoms with Gasteiger partial charge in [0.05, 0.1) is 0 Å². The van der Waals surface area contributed by atoms with E-state index in [-0.39, 0.29) is 11.9 Å². The molecular formula is C9H18N5O2. The molecule has 16 heavy (non-hydrogen) atoms. The van der Waals surface area contributed by atoms with Gasteiger partial charge in [0.2, 0.25) is 5.79 Å². The SMILES string of the molecule is [CH2]CCN1C(=O)N(NC)C(NC)(NC)C1=O. The van der Waals surface area contributed by atoms with E-state index < -0.39 is 5.79 Å². The molecule has 0 aromatic rings. The summed E-state index contributed by atoms with van der Waals surface area (Å²) >= 11 is 0. The van der Waals surface area contributed by atoms with Crippen molar-refractivity contribution in [2.75, 3.05) is 27.7 Å². The molecule has 91 valence electrons. The largest absolute Gasteiger partial charge is 0.344 e. The van der Waals surface area contributed by atoms with E-state index in [2.05, 4.69) is 23.0 Å². The number of rotatable bonds is 5. The summed E-state index contributed by atoms with van der Waals surface area (Å²) in [6.45, 7) is 3.95. The molecule has 0 spiro atoms. The van der Waals surface area contributed by atoms with Gasteiger partial charge < -0.3 is 0 Å². The summed E-state index contributed by atoms with van der Waals surface area (Å²) in [7, 11) is 4.81. The number of urea groups is 1. The second-order valence-electron chi connectivity index (χ2n) is 3.36. The van der Waals surface area contributed by atoms with Gasteiger partial charge in [-0.3, -0.25) is 20.3 Å². The predicted molar refractivity (Wildman–Crippen MR) is 58.8 cm³/mol. The molecule has 3 amide bonds. The van der Waals surface area contributed by atoms with Crippen molar-refractivity contribution in [3.05, 3.63) is 6.92 Å². The molecule has 0 atom stereocenters. The summed E-state index contributed by atoms with van der Waals surface area (Å²) < 4.78 is 0. The van der Waals surface area contributed by atoms with Crippen LogP contribution < -0.4 is 16.1 Å². The summed E-state index contributed by atoms with van der Waals surface area (Å²) in [6, 6.07) is -0.389. The molecule has 1 aliphatic rings. The van der Waals surface area contributed by atoms with E-state index >= 15 is 0 Å². The van der Waals surface area contributed by atoms with Crippen LogP contribution in [0.1, 0.15) is 6.42 Å². The minimum atomic E-state index is -1.22. The molecule has 3 N–H and O–H groups in total. The van der Waals surface area contributed by atoms with E-state index in [0.29, 0.717) is 13.0 Å². The third-order valence-electron chi connectivity index (χ3n) is 2.64. The quantitative estimate of drug-likeness (QED) is 0.403. The van der Waals surface area contributed by atoms with Gasteiger partial charge in [-0.1, -0.05) is 6.92 Å². The van der Waals surface area contributed by atoms with E-state index in [1.807, 2.05) is 0 Å². The Morgan fingerprint density at radius 3 is 2.12 bits per heavy atom. The van der Waals surface area contributed by atoms with Crippen LogP contribution in [0.3, 0.4) is 0 Å². The fourth-order valence-electron chi connectivity index (χ4n) is 1.82. The van der Waals surface area contributed by atoms with Crippen molar-refractivity contribution >= 4 is 11.9 Å². The summed E-state index contributed by atoms with van der Waals surface area (Å²) in [5.74, 6) is -1.55. The van der Waals surface area contributed by atoms with Crippen LogP contribution in [0.2, 0.25) is 0 Å². The Morgan fingerprint density at radius 2 is 1.81 bits per heavy atom. The predicted octanol–water partition coefficient (Wildman–Crippen LogP) is -1.30. The highest BCUT2D eigenvalue weighted by molar-refractivity contribution is 6.06. The fraction of sp³-hybridized carbons (Fsp3) is 0.667. The Morgan fingerprint density at radius 1 is 1.25 bits per heavy atom. The smallest absolute Gasteiger partial charge is 0.276 e. The highest BCUT2D eigenvalue weighted by Gasteiger charge is 2.55. The molecule has 0 aliphatic carbocycles. The van der Waals surface area contributed by atoms with Crippen molar-refractivity contribution in [1.82, 2.24) is 26.0 Å². The lowest BCUT2D eigenvalue weighted by atomic mass is 10.3. The molecule has 0 saturated carbocycles. The summed E-state index contributed by atoms with van der Waals surface area (Å²) in [5.41, 5.74) is 2.70. The number of carbonyl (C=O) groups is 2. The van der Waals surface area contributed by atoms with Crippen LogP contribution in [0.25, 0.3) is 0 Å². The average Bonchev–Trinajstić information content (AvgIpc) is 2.50. The third kappa shape index (κ3) is 1.57. The first-order valence-electron chi connectivity index (χ1n) is 5.09. The van der Waals surface area contributed by atoms with Crippen molar-refractivity contribution in [2.24, 2.45) is 0 Å². The van der Waals surface area contributed by atoms with Gasteiger partial charge >= 0.3 is 6.03 Å². The van der Waals surface area contributed by atoms with Gasteiger partial charge in [-0.05, 0) is 20.5 Å². The molecule has 0 bridgehead atoms. The minimum Gasteiger partial charge on any atom is -0.276 e. The molecule has 1 saturated heterocycles. The topological polar surface area (TPSA) is 76.7 Å². The maximum atomic E-state index is 12.1. The number of hydrogen-bond donors (Lipinski definition) is 3. The summed E-state index contributed by atoms with van der Waals surface area (Å²) in [5, 5.41) is 6.86. The van der Waals surface area contributed by atoms with Gasteiger partial charge in [0.25, 0.3) is 5.91 Å². The normalized spacial score (nSPS) is 19.8. The lowest BCUT2D eigenvalue weighted by Crippen LogP contribution is -2.70. The van der Waals surface area contributed by atoms with Crippen LogP contribution in [-0.2, 0) is 4.79 Å². The molecule has 7 heteroatoms. The molecular weight excluding hydrogens is 210 g/mol. The van der Waals surface area contributed by atoms with Crippen LogP contribution >= 0.6 is 0 Å². The van der Waals surface area contributed by atoms with E-state index in [1.165, 1.54) is 5.01 Å². The van der Waals surface area contributed by atoms with E-state index in [1.54, 1.807) is 21.1 Å². The van der Waals surface area contributed by atoms with Gasteiger partial charge in [0.15, 0.2) is 0 Å². The maximum absolute atomic E-state index is 12.1. The molecule has 1 radical (unpaired) electrons. The number of likely N-dealkylation sites (N-methyl/N-ethyl adjacent to an activating group) is 2. The van der Waals surface area contributed by atoms with Gasteiger partial charge in [-0.25, -0.2) is 15.2 Å². The van der Waals surface area contributed by atoms with E-state index in [4.69, 9.17) is 0 Å². The van der Waals surface area contributed by atoms with E-state index in [9.17, 15) is 9.59 Å². The van der Waals surface area contributed by atoms with Gasteiger partial charge in [0, 0.05) is 13.6 Å². The molecule has 1 rings (SSSR count). The van der Waals surface area contributed by atoms with Crippen LogP contribution in [0.4, 0.5) is 4.79 Å². The molecule has 0 aromatic heterocycles. The molecule has 0 unspecified atom stereocenters. The fourth-order valence-corrected chi connectivity index (χ4v) is 1.82. The van der Waals surface area contributed by atoms with Gasteiger partial charge in [-0.15, -0.1) is 0 Å². The van der Waals surface area contributed by atoms with Crippen molar-refractivity contribution < 1.29 is 9.59 Å². The number of nitrogens with zero attached hydrogens (tertiary/aromatic N) is 2. The monoisotopic (exact) mass is 228 g/mol. The van der Waals surface area contributed by atoms with Crippen molar-refractivity contribution in [3.8, 4) is 0 Å².